The van der Waals surface area contributed by atoms with Gasteiger partial charge in [-0.05, 0) is 43.9 Å². The number of hydrogen-bond donors (Lipinski definition) is 1. The summed E-state index contributed by atoms with van der Waals surface area (Å²) in [5.41, 5.74) is 0. The van der Waals surface area contributed by atoms with E-state index in [1.54, 1.807) is 0 Å². The number of likely N-dealkylation sites (tertiary alicyclic amines) is 2. The van der Waals surface area contributed by atoms with Gasteiger partial charge in [-0.3, -0.25) is 9.59 Å². The molecule has 0 bridgehead atoms. The summed E-state index contributed by atoms with van der Waals surface area (Å²) in [5.74, 6) is 1.81. The average molecular weight is 351 g/mol. The number of piperidine rings is 2. The second-order valence-electron chi connectivity index (χ2n) is 8.20. The number of hydrogen-bond acceptors (Lipinski definition) is 3. The molecule has 0 spiro atoms. The Hall–Kier alpha value is -1.10. The molecular weight excluding hydrogens is 316 g/mol. The molecule has 0 aromatic carbocycles. The van der Waals surface area contributed by atoms with E-state index in [4.69, 9.17) is 5.11 Å². The third-order valence-electron chi connectivity index (χ3n) is 6.54. The Labute approximate surface area is 151 Å². The van der Waals surface area contributed by atoms with Crippen molar-refractivity contribution in [1.29, 1.82) is 0 Å². The zero-order chi connectivity index (χ0) is 17.6. The molecule has 1 N–H and O–H groups in total. The molecule has 1 saturated carbocycles. The van der Waals surface area contributed by atoms with E-state index in [2.05, 4.69) is 4.90 Å². The van der Waals surface area contributed by atoms with Crippen LogP contribution >= 0.6 is 0 Å². The Kier molecular flexibility index (Phi) is 6.74. The molecule has 2 amide bonds. The number of carbonyl (C=O) groups is 2. The summed E-state index contributed by atoms with van der Waals surface area (Å²) in [4.78, 5) is 29.0. The van der Waals surface area contributed by atoms with Crippen molar-refractivity contribution >= 4 is 11.8 Å². The minimum Gasteiger partial charge on any atom is -0.396 e. The molecule has 25 heavy (non-hydrogen) atoms. The molecule has 2 aliphatic heterocycles. The molecule has 2 heterocycles. The summed E-state index contributed by atoms with van der Waals surface area (Å²) >= 11 is 0. The number of fused-ring (bicyclic) bond motifs is 1. The van der Waals surface area contributed by atoms with E-state index in [1.165, 1.54) is 25.7 Å². The zero-order valence-corrected chi connectivity index (χ0v) is 15.5. The number of aliphatic hydroxyl groups is 1. The Bertz CT molecular complexity index is 462. The second kappa shape index (κ2) is 9.02. The normalized spacial score (nSPS) is 27.6. The highest BCUT2D eigenvalue weighted by molar-refractivity contribution is 5.78. The molecular formula is C20H34N2O3. The lowest BCUT2D eigenvalue weighted by molar-refractivity contribution is -0.144. The van der Waals surface area contributed by atoms with Crippen LogP contribution in [-0.2, 0) is 9.59 Å². The van der Waals surface area contributed by atoms with Crippen LogP contribution in [0, 0.1) is 11.8 Å². The smallest absolute Gasteiger partial charge is 0.222 e. The minimum absolute atomic E-state index is 0.194. The molecule has 3 rings (SSSR count). The number of amides is 2. The van der Waals surface area contributed by atoms with Crippen molar-refractivity contribution in [3.05, 3.63) is 0 Å². The maximum Gasteiger partial charge on any atom is 0.222 e. The summed E-state index contributed by atoms with van der Waals surface area (Å²) in [6, 6.07) is 0.304. The first-order valence-corrected chi connectivity index (χ1v) is 10.4. The van der Waals surface area contributed by atoms with Crippen molar-refractivity contribution in [3.8, 4) is 0 Å². The van der Waals surface area contributed by atoms with Crippen LogP contribution in [0.15, 0.2) is 0 Å². The Morgan fingerprint density at radius 3 is 2.68 bits per heavy atom. The highest BCUT2D eigenvalue weighted by Gasteiger charge is 2.39. The Balaban J connectivity index is 1.48. The van der Waals surface area contributed by atoms with Gasteiger partial charge in [-0.15, -0.1) is 0 Å². The monoisotopic (exact) mass is 350 g/mol. The van der Waals surface area contributed by atoms with Gasteiger partial charge >= 0.3 is 0 Å². The Morgan fingerprint density at radius 2 is 1.92 bits per heavy atom. The van der Waals surface area contributed by atoms with E-state index >= 15 is 0 Å². The van der Waals surface area contributed by atoms with Gasteiger partial charge in [0, 0.05) is 45.1 Å². The maximum atomic E-state index is 12.6. The van der Waals surface area contributed by atoms with Crippen molar-refractivity contribution in [2.45, 2.75) is 76.7 Å². The molecule has 3 fully saturated rings. The van der Waals surface area contributed by atoms with Gasteiger partial charge < -0.3 is 14.9 Å². The fourth-order valence-electron chi connectivity index (χ4n) is 5.05. The Morgan fingerprint density at radius 1 is 1.12 bits per heavy atom. The van der Waals surface area contributed by atoms with Crippen LogP contribution in [0.25, 0.3) is 0 Å². The minimum atomic E-state index is 0.194. The lowest BCUT2D eigenvalue weighted by Crippen LogP contribution is -2.57. The van der Waals surface area contributed by atoms with Crippen LogP contribution in [0.1, 0.15) is 70.6 Å². The maximum absolute atomic E-state index is 12.6. The van der Waals surface area contributed by atoms with E-state index in [9.17, 15) is 9.59 Å². The van der Waals surface area contributed by atoms with Gasteiger partial charge in [-0.2, -0.15) is 0 Å². The van der Waals surface area contributed by atoms with Gasteiger partial charge in [0.2, 0.25) is 11.8 Å². The molecule has 2 saturated heterocycles. The van der Waals surface area contributed by atoms with Crippen molar-refractivity contribution < 1.29 is 14.7 Å². The van der Waals surface area contributed by atoms with Crippen molar-refractivity contribution in [3.63, 3.8) is 0 Å². The van der Waals surface area contributed by atoms with Crippen LogP contribution in [0.5, 0.6) is 0 Å². The van der Waals surface area contributed by atoms with E-state index in [0.29, 0.717) is 30.7 Å². The molecule has 0 radical (unpaired) electrons. The SMILES string of the molecule is O=C(CCC1CCCC1)N1CC[C@@H]2[C@@H](CCC(=O)N2CCCCO)C1. The number of nitrogens with zero attached hydrogens (tertiary/aromatic N) is 2. The van der Waals surface area contributed by atoms with Crippen LogP contribution < -0.4 is 0 Å². The van der Waals surface area contributed by atoms with Crippen LogP contribution in [0.2, 0.25) is 0 Å². The summed E-state index contributed by atoms with van der Waals surface area (Å²) in [7, 11) is 0. The van der Waals surface area contributed by atoms with Gasteiger partial charge in [-0.1, -0.05) is 25.7 Å². The molecule has 1 aliphatic carbocycles. The number of rotatable bonds is 7. The fourth-order valence-corrected chi connectivity index (χ4v) is 5.05. The number of carbonyl (C=O) groups excluding carboxylic acids is 2. The van der Waals surface area contributed by atoms with Gasteiger partial charge in [0.25, 0.3) is 0 Å². The van der Waals surface area contributed by atoms with Crippen LogP contribution in [0.4, 0.5) is 0 Å². The highest BCUT2D eigenvalue weighted by atomic mass is 16.3. The fraction of sp³-hybridized carbons (Fsp3) is 0.900. The quantitative estimate of drug-likeness (QED) is 0.718. The van der Waals surface area contributed by atoms with E-state index in [0.717, 1.165) is 57.7 Å². The third kappa shape index (κ3) is 4.75. The molecule has 3 aliphatic rings. The molecule has 142 valence electrons. The molecule has 5 heteroatoms. The van der Waals surface area contributed by atoms with Crippen LogP contribution in [-0.4, -0.2) is 59.0 Å². The summed E-state index contributed by atoms with van der Waals surface area (Å²) in [6.45, 7) is 2.59. The third-order valence-corrected chi connectivity index (χ3v) is 6.54. The zero-order valence-electron chi connectivity index (χ0n) is 15.5. The second-order valence-corrected chi connectivity index (χ2v) is 8.20. The first-order valence-electron chi connectivity index (χ1n) is 10.4. The molecule has 0 unspecified atom stereocenters. The average Bonchev–Trinajstić information content (AvgIpc) is 3.15. The highest BCUT2D eigenvalue weighted by Crippen LogP contribution is 2.33. The van der Waals surface area contributed by atoms with Crippen molar-refractivity contribution in [2.24, 2.45) is 11.8 Å². The van der Waals surface area contributed by atoms with Gasteiger partial charge in [0.1, 0.15) is 0 Å². The standard InChI is InChI=1S/C20H34N2O3/c23-14-4-3-12-22-18-11-13-21(15-17(18)8-10-20(22)25)19(24)9-7-16-5-1-2-6-16/h16-18,23H,1-15H2/t17-,18+/m0/s1. The molecule has 5 nitrogen and oxygen atoms in total. The van der Waals surface area contributed by atoms with Gasteiger partial charge in [0.05, 0.1) is 0 Å². The predicted molar refractivity (Wildman–Crippen MR) is 96.9 cm³/mol. The lowest BCUT2D eigenvalue weighted by atomic mass is 9.83. The lowest BCUT2D eigenvalue weighted by Gasteiger charge is -2.47. The number of aliphatic hydroxyl groups excluding tert-OH is 1. The first-order chi connectivity index (χ1) is 12.2. The van der Waals surface area contributed by atoms with E-state index < -0.39 is 0 Å². The van der Waals surface area contributed by atoms with E-state index in [1.807, 2.05) is 4.90 Å². The van der Waals surface area contributed by atoms with Crippen molar-refractivity contribution in [1.82, 2.24) is 9.80 Å². The largest absolute Gasteiger partial charge is 0.396 e. The van der Waals surface area contributed by atoms with Gasteiger partial charge in [-0.25, -0.2) is 0 Å². The molecule has 2 atom stereocenters. The van der Waals surface area contributed by atoms with Crippen molar-refractivity contribution in [2.75, 3.05) is 26.2 Å². The molecule has 0 aromatic heterocycles. The summed E-state index contributed by atoms with van der Waals surface area (Å²) in [5, 5.41) is 8.97. The van der Waals surface area contributed by atoms with E-state index in [-0.39, 0.29) is 12.5 Å². The van der Waals surface area contributed by atoms with Gasteiger partial charge in [0.15, 0.2) is 0 Å². The van der Waals surface area contributed by atoms with Crippen LogP contribution in [0.3, 0.4) is 0 Å². The summed E-state index contributed by atoms with van der Waals surface area (Å²) in [6.07, 6.45) is 11.2. The predicted octanol–water partition coefficient (Wildman–Crippen LogP) is 2.57. The topological polar surface area (TPSA) is 60.9 Å². The summed E-state index contributed by atoms with van der Waals surface area (Å²) < 4.78 is 0. The first kappa shape index (κ1) is 18.7. The molecule has 0 aromatic rings. The number of unbranched alkanes of at least 4 members (excludes halogenated alkanes) is 1.